The summed E-state index contributed by atoms with van der Waals surface area (Å²) in [4.78, 5) is 6.03. The number of rotatable bonds is 7. The Morgan fingerprint density at radius 1 is 0.628 bits per heavy atom. The molecule has 0 atom stereocenters. The van der Waals surface area contributed by atoms with Gasteiger partial charge in [0, 0.05) is 17.1 Å². The molecule has 206 valence electrons. The van der Waals surface area contributed by atoms with E-state index in [4.69, 9.17) is 16.0 Å². The number of nitrogens with zero attached hydrogens (tertiary/aromatic N) is 3. The molecule has 0 bridgehead atoms. The van der Waals surface area contributed by atoms with Gasteiger partial charge >= 0.3 is 0 Å². The molecule has 43 heavy (non-hydrogen) atoms. The molecule has 0 aliphatic heterocycles. The van der Waals surface area contributed by atoms with Gasteiger partial charge in [0.25, 0.3) is 0 Å². The SMILES string of the molecule is [C-]#[N+]c1c2ccccc2c(C#N)c2ccc(/C=C/c3ccc(N(c4ccc(OC)cc4)c4ccc(OC)cc4)cc3)cc12. The topological polar surface area (TPSA) is 49.9 Å². The Labute approximate surface area is 250 Å². The number of hydrogen-bond donors (Lipinski definition) is 0. The lowest BCUT2D eigenvalue weighted by molar-refractivity contribution is 0.415. The molecule has 0 amide bonds. The predicted molar refractivity (Wildman–Crippen MR) is 176 cm³/mol. The minimum absolute atomic E-state index is 0.571. The first kappa shape index (κ1) is 27.1. The van der Waals surface area contributed by atoms with Crippen molar-refractivity contribution in [1.82, 2.24) is 0 Å². The Balaban J connectivity index is 1.34. The second-order valence-electron chi connectivity index (χ2n) is 9.95. The molecule has 0 unspecified atom stereocenters. The fraction of sp³-hybridized carbons (Fsp3) is 0.0526. The second kappa shape index (κ2) is 11.8. The van der Waals surface area contributed by atoms with Crippen LogP contribution >= 0.6 is 0 Å². The van der Waals surface area contributed by atoms with Crippen LogP contribution in [0.1, 0.15) is 16.7 Å². The van der Waals surface area contributed by atoms with Crippen LogP contribution in [0.25, 0.3) is 38.5 Å². The molecule has 0 N–H and O–H groups in total. The Hall–Kier alpha value is -6.04. The fourth-order valence-electron chi connectivity index (χ4n) is 5.35. The summed E-state index contributed by atoms with van der Waals surface area (Å²) in [5.74, 6) is 1.60. The minimum Gasteiger partial charge on any atom is -0.497 e. The van der Waals surface area contributed by atoms with Crippen LogP contribution in [0.5, 0.6) is 11.5 Å². The number of ether oxygens (including phenoxy) is 2. The van der Waals surface area contributed by atoms with Crippen LogP contribution in [-0.2, 0) is 0 Å². The van der Waals surface area contributed by atoms with Crippen LogP contribution in [0.4, 0.5) is 22.7 Å². The van der Waals surface area contributed by atoms with Crippen LogP contribution in [0.3, 0.4) is 0 Å². The zero-order chi connectivity index (χ0) is 29.8. The normalized spacial score (nSPS) is 10.9. The van der Waals surface area contributed by atoms with E-state index in [-0.39, 0.29) is 0 Å². The van der Waals surface area contributed by atoms with Crippen molar-refractivity contribution < 1.29 is 9.47 Å². The lowest BCUT2D eigenvalue weighted by atomic mass is 9.94. The van der Waals surface area contributed by atoms with Crippen molar-refractivity contribution in [3.8, 4) is 17.6 Å². The highest BCUT2D eigenvalue weighted by Crippen LogP contribution is 2.39. The van der Waals surface area contributed by atoms with Crippen molar-refractivity contribution in [3.05, 3.63) is 143 Å². The number of anilines is 3. The molecule has 0 fully saturated rings. The third kappa shape index (κ3) is 5.24. The summed E-state index contributed by atoms with van der Waals surface area (Å²) in [7, 11) is 3.32. The van der Waals surface area contributed by atoms with Gasteiger partial charge < -0.3 is 14.4 Å². The number of hydrogen-bond acceptors (Lipinski definition) is 4. The van der Waals surface area contributed by atoms with E-state index < -0.39 is 0 Å². The Morgan fingerprint density at radius 3 is 1.65 bits per heavy atom. The molecule has 0 radical (unpaired) electrons. The smallest absolute Gasteiger partial charge is 0.202 e. The van der Waals surface area contributed by atoms with Gasteiger partial charge in [0.05, 0.1) is 26.4 Å². The maximum absolute atomic E-state index is 9.92. The van der Waals surface area contributed by atoms with Gasteiger partial charge in [-0.25, -0.2) is 4.85 Å². The van der Waals surface area contributed by atoms with Gasteiger partial charge in [0.1, 0.15) is 17.6 Å². The highest BCUT2D eigenvalue weighted by atomic mass is 16.5. The molecule has 0 aromatic heterocycles. The highest BCUT2D eigenvalue weighted by Gasteiger charge is 2.15. The summed E-state index contributed by atoms with van der Waals surface area (Å²) < 4.78 is 10.7. The van der Waals surface area contributed by atoms with Gasteiger partial charge in [-0.3, -0.25) is 0 Å². The molecule has 0 saturated heterocycles. The van der Waals surface area contributed by atoms with E-state index in [2.05, 4.69) is 46.2 Å². The Bertz CT molecular complexity index is 2000. The second-order valence-corrected chi connectivity index (χ2v) is 9.95. The van der Waals surface area contributed by atoms with E-state index in [1.54, 1.807) is 14.2 Å². The zero-order valence-corrected chi connectivity index (χ0v) is 23.8. The molecule has 6 aromatic rings. The molecular formula is C38H27N3O2. The molecule has 0 heterocycles. The lowest BCUT2D eigenvalue weighted by Gasteiger charge is -2.26. The maximum atomic E-state index is 9.92. The lowest BCUT2D eigenvalue weighted by Crippen LogP contribution is -2.09. The number of benzene rings is 6. The standard InChI is InChI=1S/C38H27N3O2/c1-40-38-35-7-5-4-6-33(35)37(25-39)34-23-12-27(24-36(34)38)9-8-26-10-13-28(14-11-26)41(29-15-19-31(42-2)20-16-29)30-17-21-32(43-3)22-18-30/h4-24H,2-3H3/b9-8+. The van der Waals surface area contributed by atoms with Crippen LogP contribution in [0.2, 0.25) is 0 Å². The summed E-state index contributed by atoms with van der Waals surface area (Å²) >= 11 is 0. The van der Waals surface area contributed by atoms with E-state index in [1.165, 1.54) is 0 Å². The van der Waals surface area contributed by atoms with Crippen LogP contribution in [-0.4, -0.2) is 14.2 Å². The van der Waals surface area contributed by atoms with Crippen molar-refractivity contribution in [2.75, 3.05) is 19.1 Å². The van der Waals surface area contributed by atoms with Crippen molar-refractivity contribution in [1.29, 1.82) is 5.26 Å². The largest absolute Gasteiger partial charge is 0.497 e. The first-order chi connectivity index (χ1) is 21.1. The van der Waals surface area contributed by atoms with Gasteiger partial charge in [-0.05, 0) is 93.3 Å². The van der Waals surface area contributed by atoms with Gasteiger partial charge in [-0.15, -0.1) is 0 Å². The fourth-order valence-corrected chi connectivity index (χ4v) is 5.35. The molecule has 6 aromatic carbocycles. The van der Waals surface area contributed by atoms with Gasteiger partial charge in [0.2, 0.25) is 5.69 Å². The molecular weight excluding hydrogens is 530 g/mol. The zero-order valence-electron chi connectivity index (χ0n) is 23.8. The number of fused-ring (bicyclic) bond motifs is 2. The first-order valence-corrected chi connectivity index (χ1v) is 13.8. The molecule has 0 aliphatic rings. The summed E-state index contributed by atoms with van der Waals surface area (Å²) in [5, 5.41) is 13.1. The molecule has 5 nitrogen and oxygen atoms in total. The average Bonchev–Trinajstić information content (AvgIpc) is 3.07. The first-order valence-electron chi connectivity index (χ1n) is 13.8. The molecule has 5 heteroatoms. The highest BCUT2D eigenvalue weighted by molar-refractivity contribution is 6.15. The molecule has 6 rings (SSSR count). The monoisotopic (exact) mass is 557 g/mol. The summed E-state index contributed by atoms with van der Waals surface area (Å²) in [6, 6.07) is 40.2. The molecule has 0 spiro atoms. The van der Waals surface area contributed by atoms with Gasteiger partial charge in [-0.1, -0.05) is 66.7 Å². The third-order valence-corrected chi connectivity index (χ3v) is 7.52. The molecule has 0 saturated carbocycles. The number of methoxy groups -OCH3 is 2. The van der Waals surface area contributed by atoms with Crippen molar-refractivity contribution >= 4 is 56.4 Å². The Morgan fingerprint density at radius 2 is 1.12 bits per heavy atom. The summed E-state index contributed by atoms with van der Waals surface area (Å²) in [6.07, 6.45) is 4.09. The van der Waals surface area contributed by atoms with E-state index in [0.29, 0.717) is 11.3 Å². The van der Waals surface area contributed by atoms with Gasteiger partial charge in [0.15, 0.2) is 0 Å². The van der Waals surface area contributed by atoms with Crippen molar-refractivity contribution in [2.45, 2.75) is 0 Å². The summed E-state index contributed by atoms with van der Waals surface area (Å²) in [5.41, 5.74) is 6.18. The maximum Gasteiger partial charge on any atom is 0.202 e. The van der Waals surface area contributed by atoms with E-state index in [0.717, 1.165) is 61.2 Å². The van der Waals surface area contributed by atoms with Crippen LogP contribution in [0, 0.1) is 17.9 Å². The summed E-state index contributed by atoms with van der Waals surface area (Å²) in [6.45, 7) is 7.87. The van der Waals surface area contributed by atoms with Crippen LogP contribution < -0.4 is 14.4 Å². The van der Waals surface area contributed by atoms with E-state index >= 15 is 0 Å². The minimum atomic E-state index is 0.571. The average molecular weight is 558 g/mol. The third-order valence-electron chi connectivity index (χ3n) is 7.52. The number of nitriles is 1. The van der Waals surface area contributed by atoms with E-state index in [1.807, 2.05) is 97.1 Å². The molecule has 0 aliphatic carbocycles. The van der Waals surface area contributed by atoms with Gasteiger partial charge in [-0.2, -0.15) is 5.26 Å². The van der Waals surface area contributed by atoms with Crippen molar-refractivity contribution in [3.63, 3.8) is 0 Å². The quantitative estimate of drug-likeness (QED) is 0.111. The Kier molecular flexibility index (Phi) is 7.47. The predicted octanol–water partition coefficient (Wildman–Crippen LogP) is 10.1. The van der Waals surface area contributed by atoms with Crippen molar-refractivity contribution in [2.24, 2.45) is 0 Å². The van der Waals surface area contributed by atoms with E-state index in [9.17, 15) is 5.26 Å². The van der Waals surface area contributed by atoms with Crippen LogP contribution in [0.15, 0.2) is 115 Å².